The fourth-order valence-corrected chi connectivity index (χ4v) is 6.56. The van der Waals surface area contributed by atoms with Crippen LogP contribution in [0.25, 0.3) is 55.8 Å². The maximum atomic E-state index is 5.98. The third kappa shape index (κ3) is 8.47. The van der Waals surface area contributed by atoms with Gasteiger partial charge in [0.1, 0.15) is 5.58 Å². The van der Waals surface area contributed by atoms with Gasteiger partial charge >= 0.3 is 20.1 Å². The van der Waals surface area contributed by atoms with Crippen molar-refractivity contribution in [2.45, 2.75) is 25.7 Å². The molecule has 4 heterocycles. The number of benzene rings is 5. The van der Waals surface area contributed by atoms with Crippen molar-refractivity contribution >= 4 is 21.9 Å². The minimum absolute atomic E-state index is 0. The van der Waals surface area contributed by atoms with E-state index in [0.717, 1.165) is 81.5 Å². The topological polar surface area (TPSA) is 56.7 Å². The van der Waals surface area contributed by atoms with Gasteiger partial charge in [0.2, 0.25) is 0 Å². The Hall–Kier alpha value is -5.94. The van der Waals surface area contributed by atoms with Crippen LogP contribution in [-0.4, -0.2) is 19.5 Å². The van der Waals surface area contributed by atoms with Crippen LogP contribution in [0.5, 0.6) is 0 Å². The van der Waals surface area contributed by atoms with E-state index in [2.05, 4.69) is 93.8 Å². The van der Waals surface area contributed by atoms with Crippen LogP contribution in [0.3, 0.4) is 0 Å². The van der Waals surface area contributed by atoms with E-state index in [-0.39, 0.29) is 20.1 Å². The molecule has 264 valence electrons. The van der Waals surface area contributed by atoms with Gasteiger partial charge in [0.25, 0.3) is 0 Å². The standard InChI is InChI=1S/C32H26N2.C16H11N2O.Ir/c1-2-9-29(10-3-1)32-21-18-28(24-34-32)15-14-27-8-6-7-26(23-27)13-12-25-16-19-30(20-17-25)31-11-4-5-22-33-31;1-18-10-9-17-16(18)13-7-4-6-12-11-5-2-3-8-14(11)19-15(12)13;/h1-9,11,16-19,21-24H,12-15H2;2-6,8-10H,1H3;/q-2;-1;+3. The van der Waals surface area contributed by atoms with E-state index in [1.165, 1.54) is 22.3 Å². The monoisotopic (exact) mass is 878 g/mol. The summed E-state index contributed by atoms with van der Waals surface area (Å²) in [5.41, 5.74) is 11.9. The molecule has 0 atom stereocenters. The first-order valence-corrected chi connectivity index (χ1v) is 17.9. The van der Waals surface area contributed by atoms with E-state index in [1.54, 1.807) is 6.20 Å². The van der Waals surface area contributed by atoms with Crippen molar-refractivity contribution in [3.63, 3.8) is 0 Å². The van der Waals surface area contributed by atoms with Crippen LogP contribution in [0.4, 0.5) is 0 Å². The van der Waals surface area contributed by atoms with Gasteiger partial charge in [-0.3, -0.25) is 4.98 Å². The Bertz CT molecular complexity index is 2460. The summed E-state index contributed by atoms with van der Waals surface area (Å²) in [6.45, 7) is 0. The first-order valence-electron chi connectivity index (χ1n) is 17.9. The van der Waals surface area contributed by atoms with Gasteiger partial charge in [0.15, 0.2) is 0 Å². The summed E-state index contributed by atoms with van der Waals surface area (Å²) in [5.74, 6) is 0.865. The van der Waals surface area contributed by atoms with E-state index < -0.39 is 0 Å². The number of furan rings is 1. The zero-order chi connectivity index (χ0) is 35.8. The summed E-state index contributed by atoms with van der Waals surface area (Å²) in [6, 6.07) is 55.4. The van der Waals surface area contributed by atoms with Crippen LogP contribution in [0, 0.1) is 18.2 Å². The second kappa shape index (κ2) is 17.3. The van der Waals surface area contributed by atoms with Gasteiger partial charge < -0.3 is 19.0 Å². The molecule has 0 bridgehead atoms. The third-order valence-corrected chi connectivity index (χ3v) is 9.41. The first kappa shape index (κ1) is 36.4. The summed E-state index contributed by atoms with van der Waals surface area (Å²) in [6.07, 6.45) is 11.5. The molecule has 0 spiro atoms. The van der Waals surface area contributed by atoms with Crippen LogP contribution in [-0.2, 0) is 52.8 Å². The third-order valence-electron chi connectivity index (χ3n) is 9.41. The molecular weight excluding hydrogens is 841 g/mol. The summed E-state index contributed by atoms with van der Waals surface area (Å²) in [5, 5.41) is 2.23. The molecule has 0 unspecified atom stereocenters. The fraction of sp³-hybridized carbons (Fsp3) is 0.104. The average molecular weight is 878 g/mol. The predicted molar refractivity (Wildman–Crippen MR) is 213 cm³/mol. The van der Waals surface area contributed by atoms with Gasteiger partial charge in [-0.2, -0.15) is 0 Å². The Labute approximate surface area is 329 Å². The van der Waals surface area contributed by atoms with Crippen molar-refractivity contribution in [3.05, 3.63) is 199 Å². The molecule has 0 saturated heterocycles. The summed E-state index contributed by atoms with van der Waals surface area (Å²) in [7, 11) is 1.97. The number of rotatable bonds is 9. The van der Waals surface area contributed by atoms with Crippen LogP contribution in [0.15, 0.2) is 163 Å². The number of aryl methyl sites for hydroxylation is 5. The molecule has 0 aliphatic carbocycles. The van der Waals surface area contributed by atoms with E-state index in [1.807, 2.05) is 103 Å². The van der Waals surface area contributed by atoms with Crippen molar-refractivity contribution < 1.29 is 24.5 Å². The Morgan fingerprint density at radius 1 is 0.574 bits per heavy atom. The quantitative estimate of drug-likeness (QED) is 0.136. The van der Waals surface area contributed by atoms with Crippen molar-refractivity contribution in [1.29, 1.82) is 0 Å². The molecule has 0 aliphatic heterocycles. The number of imidazole rings is 1. The van der Waals surface area contributed by atoms with Crippen LogP contribution < -0.4 is 0 Å². The molecule has 0 N–H and O–H groups in total. The van der Waals surface area contributed by atoms with Crippen LogP contribution in [0.2, 0.25) is 0 Å². The van der Waals surface area contributed by atoms with Gasteiger partial charge in [-0.15, -0.1) is 89.5 Å². The predicted octanol–water partition coefficient (Wildman–Crippen LogP) is 10.8. The van der Waals surface area contributed by atoms with Gasteiger partial charge in [-0.05, 0) is 59.5 Å². The van der Waals surface area contributed by atoms with Crippen molar-refractivity contribution in [1.82, 2.24) is 19.5 Å². The second-order valence-electron chi connectivity index (χ2n) is 13.0. The molecule has 0 radical (unpaired) electrons. The number of pyridine rings is 2. The minimum Gasteiger partial charge on any atom is -0.501 e. The molecule has 6 heteroatoms. The molecule has 5 aromatic carbocycles. The molecule has 0 aliphatic rings. The van der Waals surface area contributed by atoms with Gasteiger partial charge in [-0.1, -0.05) is 84.1 Å². The Kier molecular flexibility index (Phi) is 11.6. The number of nitrogens with zero attached hydrogens (tertiary/aromatic N) is 4. The first-order chi connectivity index (χ1) is 26.2. The maximum Gasteiger partial charge on any atom is 3.00 e. The zero-order valence-electron chi connectivity index (χ0n) is 29.9. The molecule has 0 fully saturated rings. The van der Waals surface area contributed by atoms with Gasteiger partial charge in [0, 0.05) is 37.2 Å². The van der Waals surface area contributed by atoms with Crippen molar-refractivity contribution in [2.24, 2.45) is 7.05 Å². The molecule has 4 aromatic heterocycles. The normalized spacial score (nSPS) is 10.8. The number of para-hydroxylation sites is 1. The Morgan fingerprint density at radius 3 is 2.06 bits per heavy atom. The van der Waals surface area contributed by atoms with Gasteiger partial charge in [0.05, 0.1) is 11.4 Å². The molecule has 9 rings (SSSR count). The van der Waals surface area contributed by atoms with Crippen molar-refractivity contribution in [2.75, 3.05) is 0 Å². The molecular formula is C48H37IrN4O. The molecule has 54 heavy (non-hydrogen) atoms. The number of hydrogen-bond acceptors (Lipinski definition) is 4. The SMILES string of the molecule is Cn1ccnc1-c1[c-]ccc2c1oc1ccccc12.[Ir+3].[c-]1cc(CCc2cccc(CCc3ccc(-c4[c-]cccc4)nc3)c2)ccc1-c1ccccn1. The van der Waals surface area contributed by atoms with Crippen LogP contribution in [0.1, 0.15) is 22.3 Å². The smallest absolute Gasteiger partial charge is 0.501 e. The van der Waals surface area contributed by atoms with E-state index >= 15 is 0 Å². The van der Waals surface area contributed by atoms with Crippen LogP contribution >= 0.6 is 0 Å². The van der Waals surface area contributed by atoms with E-state index in [9.17, 15) is 0 Å². The van der Waals surface area contributed by atoms with E-state index in [0.29, 0.717) is 0 Å². The summed E-state index contributed by atoms with van der Waals surface area (Å²) >= 11 is 0. The average Bonchev–Trinajstić information content (AvgIpc) is 3.84. The largest absolute Gasteiger partial charge is 3.00 e. The zero-order valence-corrected chi connectivity index (χ0v) is 32.3. The summed E-state index contributed by atoms with van der Waals surface area (Å²) in [4.78, 5) is 13.4. The minimum atomic E-state index is 0. The second-order valence-corrected chi connectivity index (χ2v) is 13.0. The fourth-order valence-electron chi connectivity index (χ4n) is 6.56. The molecule has 0 amide bonds. The number of hydrogen-bond donors (Lipinski definition) is 0. The van der Waals surface area contributed by atoms with Gasteiger partial charge in [-0.25, -0.2) is 0 Å². The maximum absolute atomic E-state index is 5.98. The van der Waals surface area contributed by atoms with E-state index in [4.69, 9.17) is 4.42 Å². The molecule has 5 nitrogen and oxygen atoms in total. The molecule has 0 saturated carbocycles. The number of fused-ring (bicyclic) bond motifs is 3. The summed E-state index contributed by atoms with van der Waals surface area (Å²) < 4.78 is 7.95. The van der Waals surface area contributed by atoms with Crippen molar-refractivity contribution in [3.8, 4) is 33.9 Å². The molecule has 9 aromatic rings. The Morgan fingerprint density at radius 2 is 1.33 bits per heavy atom. The Balaban J connectivity index is 0.000000190. The number of aromatic nitrogens is 4.